The van der Waals surface area contributed by atoms with Gasteiger partial charge in [-0.05, 0) is 30.3 Å². The molecule has 0 N–H and O–H groups in total. The fourth-order valence-corrected chi connectivity index (χ4v) is 2.36. The van der Waals surface area contributed by atoms with E-state index in [4.69, 9.17) is 0 Å². The number of aromatic nitrogens is 2. The molecule has 26 heavy (non-hydrogen) atoms. The lowest BCUT2D eigenvalue weighted by Gasteiger charge is -2.03. The van der Waals surface area contributed by atoms with Crippen LogP contribution >= 0.6 is 15.9 Å². The third-order valence-electron chi connectivity index (χ3n) is 3.14. The Morgan fingerprint density at radius 3 is 2.04 bits per heavy atom. The second kappa shape index (κ2) is 8.57. The minimum absolute atomic E-state index is 0.381. The van der Waals surface area contributed by atoms with Crippen LogP contribution in [-0.2, 0) is 6.18 Å². The topological polar surface area (TPSA) is 52.0 Å². The summed E-state index contributed by atoms with van der Waals surface area (Å²) in [6.07, 6.45) is -1.82. The number of rotatable bonds is 3. The zero-order valence-electron chi connectivity index (χ0n) is 13.2. The number of alkyl halides is 3. The predicted molar refractivity (Wildman–Crippen MR) is 93.5 cm³/mol. The van der Waals surface area contributed by atoms with Crippen molar-refractivity contribution in [3.8, 4) is 5.69 Å². The predicted octanol–water partition coefficient (Wildman–Crippen LogP) is 4.97. The highest BCUT2D eigenvalue weighted by molar-refractivity contribution is 9.10. The van der Waals surface area contributed by atoms with Crippen LogP contribution in [0.4, 0.5) is 13.2 Å². The van der Waals surface area contributed by atoms with Crippen molar-refractivity contribution in [3.05, 3.63) is 82.1 Å². The molecule has 1 heterocycles. The zero-order valence-corrected chi connectivity index (χ0v) is 14.7. The maximum Gasteiger partial charge on any atom is 0.435 e. The number of halogens is 4. The van der Waals surface area contributed by atoms with E-state index in [-0.39, 0.29) is 0 Å². The molecule has 0 unspecified atom stereocenters. The fourth-order valence-electron chi connectivity index (χ4n) is 1.94. The lowest BCUT2D eigenvalue weighted by atomic mass is 10.2. The quantitative estimate of drug-likeness (QED) is 0.558. The van der Waals surface area contributed by atoms with E-state index in [9.17, 15) is 22.8 Å². The third-order valence-corrected chi connectivity index (χ3v) is 3.63. The first kappa shape index (κ1) is 19.6. The largest absolute Gasteiger partial charge is 0.435 e. The van der Waals surface area contributed by atoms with Crippen LogP contribution in [0, 0.1) is 0 Å². The standard InChI is InChI=1S/C11H7F3N2O.C7H5BrO/c12-11(13,14)10-4-5-16(15-10)9-3-1-2-8(6-9)7-17;8-7-3-1-2-6(4-7)5-9/h1-7H;1-5H. The molecule has 3 rings (SSSR count). The normalized spacial score (nSPS) is 10.6. The number of carbonyl (C=O) groups is 2. The van der Waals surface area contributed by atoms with Crippen LogP contribution < -0.4 is 0 Å². The van der Waals surface area contributed by atoms with Crippen LogP contribution in [0.25, 0.3) is 5.69 Å². The van der Waals surface area contributed by atoms with E-state index in [1.807, 2.05) is 12.1 Å². The Morgan fingerprint density at radius 2 is 1.54 bits per heavy atom. The first-order chi connectivity index (χ1) is 12.3. The van der Waals surface area contributed by atoms with Crippen LogP contribution in [0.3, 0.4) is 0 Å². The molecule has 0 amide bonds. The van der Waals surface area contributed by atoms with Gasteiger partial charge in [0, 0.05) is 21.8 Å². The Bertz CT molecular complexity index is 907. The summed E-state index contributed by atoms with van der Waals surface area (Å²) in [6, 6.07) is 14.3. The highest BCUT2D eigenvalue weighted by Crippen LogP contribution is 2.27. The average Bonchev–Trinajstić information content (AvgIpc) is 3.13. The minimum atomic E-state index is -4.46. The molecule has 134 valence electrons. The number of carbonyl (C=O) groups excluding carboxylic acids is 2. The Labute approximate surface area is 155 Å². The summed E-state index contributed by atoms with van der Waals surface area (Å²) in [4.78, 5) is 20.7. The minimum Gasteiger partial charge on any atom is -0.298 e. The molecule has 3 aromatic rings. The summed E-state index contributed by atoms with van der Waals surface area (Å²) in [5.41, 5.74) is 0.523. The van der Waals surface area contributed by atoms with E-state index in [0.29, 0.717) is 23.1 Å². The number of hydrogen-bond donors (Lipinski definition) is 0. The summed E-state index contributed by atoms with van der Waals surface area (Å²) in [5.74, 6) is 0. The maximum atomic E-state index is 12.3. The Kier molecular flexibility index (Phi) is 6.46. The molecule has 0 atom stereocenters. The first-order valence-corrected chi connectivity index (χ1v) is 8.02. The molecule has 0 saturated heterocycles. The van der Waals surface area contributed by atoms with Gasteiger partial charge in [0.1, 0.15) is 12.6 Å². The number of hydrogen-bond acceptors (Lipinski definition) is 3. The van der Waals surface area contributed by atoms with Crippen molar-refractivity contribution in [2.45, 2.75) is 6.18 Å². The van der Waals surface area contributed by atoms with Crippen molar-refractivity contribution in [2.75, 3.05) is 0 Å². The van der Waals surface area contributed by atoms with Crippen LogP contribution in [0.2, 0.25) is 0 Å². The Balaban J connectivity index is 0.000000228. The SMILES string of the molecule is O=Cc1cccc(-n2ccc(C(F)(F)F)n2)c1.O=Cc1cccc(Br)c1. The average molecular weight is 425 g/mol. The molecule has 0 aliphatic rings. The van der Waals surface area contributed by atoms with E-state index in [0.717, 1.165) is 21.5 Å². The van der Waals surface area contributed by atoms with E-state index < -0.39 is 11.9 Å². The van der Waals surface area contributed by atoms with Gasteiger partial charge in [0.25, 0.3) is 0 Å². The molecule has 0 saturated carbocycles. The summed E-state index contributed by atoms with van der Waals surface area (Å²) >= 11 is 3.24. The highest BCUT2D eigenvalue weighted by Gasteiger charge is 2.33. The van der Waals surface area contributed by atoms with Crippen molar-refractivity contribution in [1.82, 2.24) is 9.78 Å². The van der Waals surface area contributed by atoms with E-state index in [1.165, 1.54) is 12.3 Å². The van der Waals surface area contributed by atoms with E-state index in [2.05, 4.69) is 21.0 Å². The second-order valence-electron chi connectivity index (χ2n) is 5.03. The Hall–Kier alpha value is -2.74. The Morgan fingerprint density at radius 1 is 0.923 bits per heavy atom. The van der Waals surface area contributed by atoms with Crippen molar-refractivity contribution in [3.63, 3.8) is 0 Å². The molecule has 1 aromatic heterocycles. The fraction of sp³-hybridized carbons (Fsp3) is 0.0556. The van der Waals surface area contributed by atoms with E-state index in [1.54, 1.807) is 30.3 Å². The van der Waals surface area contributed by atoms with Crippen LogP contribution in [-0.4, -0.2) is 22.4 Å². The van der Waals surface area contributed by atoms with Crippen molar-refractivity contribution >= 4 is 28.5 Å². The molecule has 0 aliphatic carbocycles. The third kappa shape index (κ3) is 5.38. The van der Waals surface area contributed by atoms with Gasteiger partial charge < -0.3 is 0 Å². The summed E-state index contributed by atoms with van der Waals surface area (Å²) in [5, 5.41) is 3.40. The van der Waals surface area contributed by atoms with Crippen LogP contribution in [0.5, 0.6) is 0 Å². The lowest BCUT2D eigenvalue weighted by molar-refractivity contribution is -0.141. The highest BCUT2D eigenvalue weighted by atomic mass is 79.9. The molecule has 4 nitrogen and oxygen atoms in total. The molecule has 8 heteroatoms. The first-order valence-electron chi connectivity index (χ1n) is 7.22. The van der Waals surface area contributed by atoms with Gasteiger partial charge in [-0.3, -0.25) is 9.59 Å². The molecule has 0 bridgehead atoms. The van der Waals surface area contributed by atoms with Gasteiger partial charge in [-0.1, -0.05) is 40.2 Å². The molecule has 0 spiro atoms. The van der Waals surface area contributed by atoms with Gasteiger partial charge in [-0.15, -0.1) is 0 Å². The molecular formula is C18H12BrF3N2O2. The van der Waals surface area contributed by atoms with Gasteiger partial charge in [-0.2, -0.15) is 18.3 Å². The van der Waals surface area contributed by atoms with Crippen LogP contribution in [0.15, 0.2) is 65.3 Å². The second-order valence-corrected chi connectivity index (χ2v) is 5.94. The molecular weight excluding hydrogens is 413 g/mol. The lowest BCUT2D eigenvalue weighted by Crippen LogP contribution is -2.07. The van der Waals surface area contributed by atoms with Gasteiger partial charge >= 0.3 is 6.18 Å². The molecule has 2 aromatic carbocycles. The van der Waals surface area contributed by atoms with Gasteiger partial charge in [0.2, 0.25) is 0 Å². The summed E-state index contributed by atoms with van der Waals surface area (Å²) in [7, 11) is 0. The van der Waals surface area contributed by atoms with Gasteiger partial charge in [0.05, 0.1) is 5.69 Å². The van der Waals surface area contributed by atoms with E-state index >= 15 is 0 Å². The van der Waals surface area contributed by atoms with Gasteiger partial charge in [-0.25, -0.2) is 4.68 Å². The summed E-state index contributed by atoms with van der Waals surface area (Å²) in [6.45, 7) is 0. The van der Waals surface area contributed by atoms with Gasteiger partial charge in [0.15, 0.2) is 5.69 Å². The number of benzene rings is 2. The number of nitrogens with zero attached hydrogens (tertiary/aromatic N) is 2. The smallest absolute Gasteiger partial charge is 0.298 e. The van der Waals surface area contributed by atoms with Crippen LogP contribution in [0.1, 0.15) is 26.4 Å². The van der Waals surface area contributed by atoms with Crippen molar-refractivity contribution < 1.29 is 22.8 Å². The molecule has 0 fully saturated rings. The number of aldehydes is 2. The molecule has 0 radical (unpaired) electrons. The molecule has 0 aliphatic heterocycles. The monoisotopic (exact) mass is 424 g/mol. The van der Waals surface area contributed by atoms with Crippen molar-refractivity contribution in [1.29, 1.82) is 0 Å². The zero-order chi connectivity index (χ0) is 19.2. The summed E-state index contributed by atoms with van der Waals surface area (Å²) < 4.78 is 39.0. The van der Waals surface area contributed by atoms with Crippen molar-refractivity contribution in [2.24, 2.45) is 0 Å². The maximum absolute atomic E-state index is 12.3.